The Bertz CT molecular complexity index is 1130. The van der Waals surface area contributed by atoms with Crippen molar-refractivity contribution in [3.63, 3.8) is 0 Å². The van der Waals surface area contributed by atoms with E-state index in [0.717, 1.165) is 16.0 Å². The minimum absolute atomic E-state index is 0.0490. The number of hydrogen-bond acceptors (Lipinski definition) is 7. The van der Waals surface area contributed by atoms with Crippen molar-refractivity contribution in [3.05, 3.63) is 63.2 Å². The SMILES string of the molecule is O=C(NC(Cc1cccs1)C(=O)N1CCC2OCC(=O)C21)c1cc(-c2cccnc2)cs1. The van der Waals surface area contributed by atoms with Crippen molar-refractivity contribution in [2.24, 2.45) is 0 Å². The van der Waals surface area contributed by atoms with Gasteiger partial charge in [0.2, 0.25) is 5.91 Å². The molecule has 3 aromatic rings. The molecular formula is C23H21N3O4S2. The van der Waals surface area contributed by atoms with Crippen molar-refractivity contribution >= 4 is 40.3 Å². The zero-order valence-corrected chi connectivity index (χ0v) is 18.7. The molecule has 2 saturated heterocycles. The Kier molecular flexibility index (Phi) is 5.86. The van der Waals surface area contributed by atoms with Gasteiger partial charge in [-0.2, -0.15) is 0 Å². The van der Waals surface area contributed by atoms with Crippen molar-refractivity contribution in [2.45, 2.75) is 31.0 Å². The van der Waals surface area contributed by atoms with Crippen LogP contribution in [0.4, 0.5) is 0 Å². The lowest BCUT2D eigenvalue weighted by Crippen LogP contribution is -2.53. The molecule has 0 aliphatic carbocycles. The predicted octanol–water partition coefficient (Wildman–Crippen LogP) is 2.78. The van der Waals surface area contributed by atoms with Gasteiger partial charge in [0.1, 0.15) is 18.7 Å². The molecule has 5 heterocycles. The number of carbonyl (C=O) groups excluding carboxylic acids is 3. The summed E-state index contributed by atoms with van der Waals surface area (Å²) in [6.07, 6.45) is 4.24. The van der Waals surface area contributed by atoms with Crippen molar-refractivity contribution in [1.29, 1.82) is 0 Å². The first-order valence-electron chi connectivity index (χ1n) is 10.4. The van der Waals surface area contributed by atoms with E-state index in [2.05, 4.69) is 10.3 Å². The number of ether oxygens (including phenoxy) is 1. The van der Waals surface area contributed by atoms with Crippen molar-refractivity contribution < 1.29 is 19.1 Å². The highest BCUT2D eigenvalue weighted by atomic mass is 32.1. The number of aromatic nitrogens is 1. The number of pyridine rings is 1. The van der Waals surface area contributed by atoms with E-state index < -0.39 is 12.1 Å². The molecule has 1 N–H and O–H groups in total. The van der Waals surface area contributed by atoms with Gasteiger partial charge < -0.3 is 15.0 Å². The zero-order valence-electron chi connectivity index (χ0n) is 17.1. The fourth-order valence-corrected chi connectivity index (χ4v) is 5.81. The molecule has 0 bridgehead atoms. The molecule has 7 nitrogen and oxygen atoms in total. The Morgan fingerprint density at radius 2 is 2.16 bits per heavy atom. The van der Waals surface area contributed by atoms with E-state index in [-0.39, 0.29) is 30.3 Å². The fourth-order valence-electron chi connectivity index (χ4n) is 4.24. The number of carbonyl (C=O) groups is 3. The molecule has 164 valence electrons. The number of nitrogens with one attached hydrogen (secondary N) is 1. The van der Waals surface area contributed by atoms with Crippen LogP contribution < -0.4 is 5.32 Å². The van der Waals surface area contributed by atoms with E-state index >= 15 is 0 Å². The van der Waals surface area contributed by atoms with Gasteiger partial charge in [0.25, 0.3) is 5.91 Å². The highest BCUT2D eigenvalue weighted by molar-refractivity contribution is 7.12. The molecule has 2 aliphatic heterocycles. The monoisotopic (exact) mass is 467 g/mol. The number of fused-ring (bicyclic) bond motifs is 1. The van der Waals surface area contributed by atoms with E-state index in [4.69, 9.17) is 4.74 Å². The molecule has 2 aliphatic rings. The van der Waals surface area contributed by atoms with Crippen LogP contribution in [-0.2, 0) is 20.7 Å². The third-order valence-electron chi connectivity index (χ3n) is 5.80. The Hall–Kier alpha value is -2.88. The van der Waals surface area contributed by atoms with Gasteiger partial charge in [0, 0.05) is 35.8 Å². The lowest BCUT2D eigenvalue weighted by Gasteiger charge is -2.27. The third-order valence-corrected chi connectivity index (χ3v) is 7.63. The number of thiophene rings is 2. The number of Topliss-reactive ketones (excluding diaryl/α,β-unsaturated/α-hetero) is 1. The summed E-state index contributed by atoms with van der Waals surface area (Å²) in [7, 11) is 0. The molecule has 0 radical (unpaired) electrons. The van der Waals surface area contributed by atoms with Gasteiger partial charge in [-0.05, 0) is 40.9 Å². The molecule has 5 rings (SSSR count). The van der Waals surface area contributed by atoms with Gasteiger partial charge in [-0.25, -0.2) is 0 Å². The van der Waals surface area contributed by atoms with Gasteiger partial charge in [0.05, 0.1) is 11.0 Å². The normalized spacial score (nSPS) is 20.9. The van der Waals surface area contributed by atoms with Crippen molar-refractivity contribution in [1.82, 2.24) is 15.2 Å². The second kappa shape index (κ2) is 8.93. The molecule has 3 aromatic heterocycles. The van der Waals surface area contributed by atoms with Crippen LogP contribution in [-0.4, -0.2) is 58.8 Å². The summed E-state index contributed by atoms with van der Waals surface area (Å²) in [6, 6.07) is 8.16. The first-order valence-corrected chi connectivity index (χ1v) is 12.1. The maximum Gasteiger partial charge on any atom is 0.262 e. The average molecular weight is 468 g/mol. The van der Waals surface area contributed by atoms with E-state index in [1.165, 1.54) is 22.7 Å². The second-order valence-corrected chi connectivity index (χ2v) is 9.78. The van der Waals surface area contributed by atoms with Crippen molar-refractivity contribution in [3.8, 4) is 11.1 Å². The summed E-state index contributed by atoms with van der Waals surface area (Å²) in [5, 5.41) is 6.77. The van der Waals surface area contributed by atoms with E-state index in [0.29, 0.717) is 24.3 Å². The molecule has 2 fully saturated rings. The van der Waals surface area contributed by atoms with Crippen molar-refractivity contribution in [2.75, 3.05) is 13.2 Å². The summed E-state index contributed by atoms with van der Waals surface area (Å²) in [4.78, 5) is 46.0. The van der Waals surface area contributed by atoms with E-state index in [1.54, 1.807) is 17.3 Å². The quantitative estimate of drug-likeness (QED) is 0.602. The molecule has 0 aromatic carbocycles. The third kappa shape index (κ3) is 4.11. The second-order valence-electron chi connectivity index (χ2n) is 7.83. The van der Waals surface area contributed by atoms with Crippen LogP contribution in [0.25, 0.3) is 11.1 Å². The number of ketones is 1. The Labute approximate surface area is 193 Å². The predicted molar refractivity (Wildman–Crippen MR) is 122 cm³/mol. The van der Waals surface area contributed by atoms with Crippen LogP contribution in [0.15, 0.2) is 53.5 Å². The van der Waals surface area contributed by atoms with Crippen LogP contribution in [0.5, 0.6) is 0 Å². The first kappa shape index (κ1) is 21.0. The summed E-state index contributed by atoms with van der Waals surface area (Å²) in [6.45, 7) is 0.508. The smallest absolute Gasteiger partial charge is 0.262 e. The minimum Gasteiger partial charge on any atom is -0.368 e. The fraction of sp³-hybridized carbons (Fsp3) is 0.304. The van der Waals surface area contributed by atoms with E-state index in [9.17, 15) is 14.4 Å². The van der Waals surface area contributed by atoms with Crippen LogP contribution in [0, 0.1) is 0 Å². The molecule has 2 amide bonds. The first-order chi connectivity index (χ1) is 15.6. The summed E-state index contributed by atoms with van der Waals surface area (Å²) in [5.74, 6) is -0.603. The minimum atomic E-state index is -0.753. The molecule has 0 spiro atoms. The Morgan fingerprint density at radius 1 is 1.25 bits per heavy atom. The van der Waals surface area contributed by atoms with Gasteiger partial charge in [-0.3, -0.25) is 19.4 Å². The topological polar surface area (TPSA) is 88.6 Å². The number of hydrogen-bond donors (Lipinski definition) is 1. The summed E-state index contributed by atoms with van der Waals surface area (Å²) >= 11 is 2.86. The average Bonchev–Trinajstić information content (AvgIpc) is 3.60. The lowest BCUT2D eigenvalue weighted by molar-refractivity contribution is -0.138. The maximum atomic E-state index is 13.5. The number of rotatable bonds is 6. The Balaban J connectivity index is 1.35. The van der Waals surface area contributed by atoms with Crippen LogP contribution in [0.2, 0.25) is 0 Å². The standard InChI is InChI=1S/C23H21N3O4S2/c27-18-12-30-19-5-7-26(21(18)19)23(29)17(10-16-4-2-8-31-16)25-22(28)20-9-15(13-32-20)14-3-1-6-24-11-14/h1-4,6,8-9,11,13,17,19,21H,5,7,10,12H2,(H,25,28). The maximum absolute atomic E-state index is 13.5. The molecule has 3 atom stereocenters. The molecule has 32 heavy (non-hydrogen) atoms. The highest BCUT2D eigenvalue weighted by Crippen LogP contribution is 2.29. The lowest BCUT2D eigenvalue weighted by atomic mass is 10.1. The summed E-state index contributed by atoms with van der Waals surface area (Å²) < 4.78 is 5.52. The summed E-state index contributed by atoms with van der Waals surface area (Å²) in [5.41, 5.74) is 1.84. The molecule has 3 unspecified atom stereocenters. The molecular weight excluding hydrogens is 446 g/mol. The molecule has 9 heteroatoms. The van der Waals surface area contributed by atoms with Gasteiger partial charge in [-0.15, -0.1) is 22.7 Å². The molecule has 0 saturated carbocycles. The van der Waals surface area contributed by atoms with Gasteiger partial charge in [0.15, 0.2) is 5.78 Å². The largest absolute Gasteiger partial charge is 0.368 e. The van der Waals surface area contributed by atoms with Gasteiger partial charge >= 0.3 is 0 Å². The van der Waals surface area contributed by atoms with Crippen LogP contribution in [0.1, 0.15) is 21.0 Å². The Morgan fingerprint density at radius 3 is 2.94 bits per heavy atom. The highest BCUT2D eigenvalue weighted by Gasteiger charge is 2.48. The zero-order chi connectivity index (χ0) is 22.1. The van der Waals surface area contributed by atoms with Crippen LogP contribution in [0.3, 0.4) is 0 Å². The van der Waals surface area contributed by atoms with Crippen LogP contribution >= 0.6 is 22.7 Å². The van der Waals surface area contributed by atoms with Gasteiger partial charge in [-0.1, -0.05) is 12.1 Å². The number of amides is 2. The number of nitrogens with zero attached hydrogens (tertiary/aromatic N) is 2. The number of likely N-dealkylation sites (tertiary alicyclic amines) is 1. The van der Waals surface area contributed by atoms with E-state index in [1.807, 2.05) is 41.1 Å².